The largest absolute Gasteiger partial charge is 0.497 e. The summed E-state index contributed by atoms with van der Waals surface area (Å²) < 4.78 is 5.32. The molecule has 2 saturated heterocycles. The second-order valence-corrected chi connectivity index (χ2v) is 8.69. The first-order valence-corrected chi connectivity index (χ1v) is 11.3. The maximum Gasteiger partial charge on any atom is 0.237 e. The standard InChI is InChI=1S/C23H34N4O3/c1-30-20-8-4-5-18(15-20)17-27-10-9-24-23(29)21(27)16-22(28)26-13-11-25(12-14-26)19-6-2-3-7-19/h4-5,8,15,19,21H,2-3,6-7,9-14,16-17H2,1H3,(H,24,29)/t21-/m0/s1. The topological polar surface area (TPSA) is 65.1 Å². The van der Waals surface area contributed by atoms with Gasteiger partial charge in [-0.1, -0.05) is 25.0 Å². The van der Waals surface area contributed by atoms with Gasteiger partial charge in [0, 0.05) is 51.9 Å². The average molecular weight is 415 g/mol. The van der Waals surface area contributed by atoms with Crippen LogP contribution in [0.2, 0.25) is 0 Å². The minimum atomic E-state index is -0.412. The lowest BCUT2D eigenvalue weighted by Crippen LogP contribution is -2.57. The zero-order valence-electron chi connectivity index (χ0n) is 18.0. The van der Waals surface area contributed by atoms with E-state index in [4.69, 9.17) is 4.74 Å². The zero-order chi connectivity index (χ0) is 20.9. The van der Waals surface area contributed by atoms with Gasteiger partial charge in [-0.3, -0.25) is 19.4 Å². The number of methoxy groups -OCH3 is 1. The van der Waals surface area contributed by atoms with Crippen LogP contribution in [0.5, 0.6) is 5.75 Å². The van der Waals surface area contributed by atoms with Crippen molar-refractivity contribution in [2.45, 2.75) is 50.7 Å². The first kappa shape index (κ1) is 21.1. The van der Waals surface area contributed by atoms with Gasteiger partial charge in [0.2, 0.25) is 11.8 Å². The number of hydrogen-bond acceptors (Lipinski definition) is 5. The van der Waals surface area contributed by atoms with Crippen molar-refractivity contribution in [3.8, 4) is 5.75 Å². The number of carbonyl (C=O) groups is 2. The molecule has 1 atom stereocenters. The summed E-state index contributed by atoms with van der Waals surface area (Å²) in [6.07, 6.45) is 5.53. The van der Waals surface area contributed by atoms with Crippen LogP contribution in [0.1, 0.15) is 37.7 Å². The summed E-state index contributed by atoms with van der Waals surface area (Å²) in [5, 5.41) is 2.94. The van der Waals surface area contributed by atoms with Crippen LogP contribution in [-0.4, -0.2) is 85.0 Å². The van der Waals surface area contributed by atoms with Crippen LogP contribution in [0, 0.1) is 0 Å². The van der Waals surface area contributed by atoms with E-state index in [0.29, 0.717) is 19.1 Å². The third-order valence-electron chi connectivity index (χ3n) is 6.84. The third kappa shape index (κ3) is 4.95. The molecule has 30 heavy (non-hydrogen) atoms. The molecule has 0 spiro atoms. The molecular formula is C23H34N4O3. The number of rotatable bonds is 6. The molecular weight excluding hydrogens is 380 g/mol. The Morgan fingerprint density at radius 1 is 1.13 bits per heavy atom. The zero-order valence-corrected chi connectivity index (χ0v) is 18.0. The summed E-state index contributed by atoms with van der Waals surface area (Å²) in [7, 11) is 1.65. The molecule has 0 radical (unpaired) electrons. The van der Waals surface area contributed by atoms with Crippen LogP contribution >= 0.6 is 0 Å². The van der Waals surface area contributed by atoms with Crippen LogP contribution in [0.15, 0.2) is 24.3 Å². The highest BCUT2D eigenvalue weighted by molar-refractivity contribution is 5.88. The van der Waals surface area contributed by atoms with Crippen LogP contribution in [-0.2, 0) is 16.1 Å². The number of nitrogens with one attached hydrogen (secondary N) is 1. The van der Waals surface area contributed by atoms with Crippen molar-refractivity contribution in [1.29, 1.82) is 0 Å². The molecule has 3 fully saturated rings. The lowest BCUT2D eigenvalue weighted by atomic mass is 10.1. The summed E-state index contributed by atoms with van der Waals surface area (Å²) in [6.45, 7) is 5.47. The Morgan fingerprint density at radius 2 is 1.90 bits per heavy atom. The number of carbonyl (C=O) groups excluding carboxylic acids is 2. The van der Waals surface area contributed by atoms with E-state index in [-0.39, 0.29) is 18.2 Å². The number of benzene rings is 1. The predicted octanol–water partition coefficient (Wildman–Crippen LogP) is 1.47. The first-order chi connectivity index (χ1) is 14.6. The van der Waals surface area contributed by atoms with Crippen molar-refractivity contribution in [3.63, 3.8) is 0 Å². The summed E-state index contributed by atoms with van der Waals surface area (Å²) >= 11 is 0. The Labute approximate surface area is 179 Å². The molecule has 7 heteroatoms. The Morgan fingerprint density at radius 3 is 2.63 bits per heavy atom. The molecule has 4 rings (SSSR count). The lowest BCUT2D eigenvalue weighted by Gasteiger charge is -2.40. The van der Waals surface area contributed by atoms with Gasteiger partial charge in [0.1, 0.15) is 5.75 Å². The molecule has 2 aliphatic heterocycles. The van der Waals surface area contributed by atoms with Crippen LogP contribution in [0.4, 0.5) is 0 Å². The SMILES string of the molecule is COc1cccc(CN2CCNC(=O)[C@@H]2CC(=O)N2CCN(C3CCCC3)CC2)c1. The quantitative estimate of drug-likeness (QED) is 0.764. The van der Waals surface area contributed by atoms with Gasteiger partial charge in [-0.15, -0.1) is 0 Å². The van der Waals surface area contributed by atoms with Gasteiger partial charge < -0.3 is 15.0 Å². The summed E-state index contributed by atoms with van der Waals surface area (Å²) in [5.74, 6) is 0.863. The molecule has 2 amide bonds. The van der Waals surface area contributed by atoms with E-state index in [1.54, 1.807) is 7.11 Å². The lowest BCUT2D eigenvalue weighted by molar-refractivity contribution is -0.140. The van der Waals surface area contributed by atoms with Crippen molar-refractivity contribution >= 4 is 11.8 Å². The van der Waals surface area contributed by atoms with Gasteiger partial charge in [-0.2, -0.15) is 0 Å². The fourth-order valence-electron chi connectivity index (χ4n) is 5.08. The fourth-order valence-corrected chi connectivity index (χ4v) is 5.08. The van der Waals surface area contributed by atoms with E-state index in [9.17, 15) is 9.59 Å². The number of amides is 2. The maximum absolute atomic E-state index is 13.0. The van der Waals surface area contributed by atoms with Crippen molar-refractivity contribution in [1.82, 2.24) is 20.0 Å². The van der Waals surface area contributed by atoms with E-state index in [1.165, 1.54) is 25.7 Å². The fraction of sp³-hybridized carbons (Fsp3) is 0.652. The Balaban J connectivity index is 1.34. The molecule has 1 aliphatic carbocycles. The van der Waals surface area contributed by atoms with Gasteiger partial charge in [-0.25, -0.2) is 0 Å². The Hall–Kier alpha value is -2.12. The molecule has 3 aliphatic rings. The van der Waals surface area contributed by atoms with Crippen LogP contribution in [0.3, 0.4) is 0 Å². The second kappa shape index (κ2) is 9.79. The van der Waals surface area contributed by atoms with E-state index in [0.717, 1.165) is 44.0 Å². The number of hydrogen-bond donors (Lipinski definition) is 1. The molecule has 164 valence electrons. The summed E-state index contributed by atoms with van der Waals surface area (Å²) in [5.41, 5.74) is 1.09. The minimum absolute atomic E-state index is 0.0397. The Kier molecular flexibility index (Phi) is 6.89. The summed E-state index contributed by atoms with van der Waals surface area (Å²) in [6, 6.07) is 8.21. The highest BCUT2D eigenvalue weighted by Crippen LogP contribution is 2.25. The molecule has 0 bridgehead atoms. The van der Waals surface area contributed by atoms with E-state index in [1.807, 2.05) is 29.2 Å². The third-order valence-corrected chi connectivity index (χ3v) is 6.84. The van der Waals surface area contributed by atoms with Gasteiger partial charge in [-0.05, 0) is 30.5 Å². The molecule has 1 aromatic carbocycles. The first-order valence-electron chi connectivity index (χ1n) is 11.3. The van der Waals surface area contributed by atoms with Crippen molar-refractivity contribution in [2.75, 3.05) is 46.4 Å². The van der Waals surface area contributed by atoms with Gasteiger partial charge >= 0.3 is 0 Å². The van der Waals surface area contributed by atoms with Gasteiger partial charge in [0.25, 0.3) is 0 Å². The smallest absolute Gasteiger partial charge is 0.237 e. The number of ether oxygens (including phenoxy) is 1. The van der Waals surface area contributed by atoms with Crippen LogP contribution in [0.25, 0.3) is 0 Å². The molecule has 1 N–H and O–H groups in total. The van der Waals surface area contributed by atoms with Crippen LogP contribution < -0.4 is 10.1 Å². The van der Waals surface area contributed by atoms with Crippen molar-refractivity contribution in [2.24, 2.45) is 0 Å². The Bertz CT molecular complexity index is 742. The molecule has 1 aromatic rings. The maximum atomic E-state index is 13.0. The van der Waals surface area contributed by atoms with Crippen molar-refractivity contribution < 1.29 is 14.3 Å². The molecule has 7 nitrogen and oxygen atoms in total. The van der Waals surface area contributed by atoms with Gasteiger partial charge in [0.05, 0.1) is 19.6 Å². The highest BCUT2D eigenvalue weighted by atomic mass is 16.5. The van der Waals surface area contributed by atoms with E-state index < -0.39 is 6.04 Å². The average Bonchev–Trinajstić information content (AvgIpc) is 3.31. The molecule has 0 aromatic heterocycles. The van der Waals surface area contributed by atoms with E-state index >= 15 is 0 Å². The van der Waals surface area contributed by atoms with E-state index in [2.05, 4.69) is 15.1 Å². The highest BCUT2D eigenvalue weighted by Gasteiger charge is 2.34. The number of piperazine rings is 2. The van der Waals surface area contributed by atoms with Crippen molar-refractivity contribution in [3.05, 3.63) is 29.8 Å². The van der Waals surface area contributed by atoms with Gasteiger partial charge in [0.15, 0.2) is 0 Å². The monoisotopic (exact) mass is 414 g/mol. The number of nitrogens with zero attached hydrogens (tertiary/aromatic N) is 3. The predicted molar refractivity (Wildman–Crippen MR) is 115 cm³/mol. The minimum Gasteiger partial charge on any atom is -0.497 e. The molecule has 1 saturated carbocycles. The molecule has 0 unspecified atom stereocenters. The normalized spacial score (nSPS) is 24.1. The molecule has 2 heterocycles. The second-order valence-electron chi connectivity index (χ2n) is 8.69. The summed E-state index contributed by atoms with van der Waals surface area (Å²) in [4.78, 5) is 32.3.